The molecule has 0 amide bonds. The monoisotopic (exact) mass is 236 g/mol. The molecule has 0 saturated heterocycles. The Hall–Kier alpha value is -1.79. The van der Waals surface area contributed by atoms with Crippen molar-refractivity contribution in [1.29, 1.82) is 5.41 Å². The standard InChI is InChI=1S/C10H8N2O3S/c11-8-5-4-6-7(10(8)13)2-1-3-9(6)16(12,14)15/h1-5,11H,(H2,12,14,15). The third kappa shape index (κ3) is 1.58. The van der Waals surface area contributed by atoms with Gasteiger partial charge in [0.15, 0.2) is 0 Å². The predicted molar refractivity (Wildman–Crippen MR) is 58.9 cm³/mol. The Kier molecular flexibility index (Phi) is 2.25. The van der Waals surface area contributed by atoms with Gasteiger partial charge in [0.2, 0.25) is 15.8 Å². The van der Waals surface area contributed by atoms with Crippen LogP contribution in [0.2, 0.25) is 0 Å². The Morgan fingerprint density at radius 1 is 1.19 bits per heavy atom. The van der Waals surface area contributed by atoms with Gasteiger partial charge in [-0.15, -0.1) is 0 Å². The summed E-state index contributed by atoms with van der Waals surface area (Å²) in [6.07, 6.45) is 2.68. The molecule has 5 nitrogen and oxygen atoms in total. The van der Waals surface area contributed by atoms with Gasteiger partial charge < -0.3 is 0 Å². The number of hydrogen-bond donors (Lipinski definition) is 2. The number of primary sulfonamides is 1. The smallest absolute Gasteiger partial charge is 0.238 e. The van der Waals surface area contributed by atoms with Crippen LogP contribution in [0.4, 0.5) is 0 Å². The number of Topliss-reactive ketones (excluding diaryl/α,β-unsaturated/α-hetero) is 1. The number of nitrogens with one attached hydrogen (secondary N) is 1. The number of benzene rings is 1. The maximum absolute atomic E-state index is 11.6. The summed E-state index contributed by atoms with van der Waals surface area (Å²) in [5.74, 6) is -0.497. The number of carbonyl (C=O) groups excluding carboxylic acids is 1. The van der Waals surface area contributed by atoms with Crippen molar-refractivity contribution in [2.75, 3.05) is 0 Å². The molecule has 0 saturated carbocycles. The van der Waals surface area contributed by atoms with Crippen LogP contribution in [-0.4, -0.2) is 19.9 Å². The number of nitrogens with two attached hydrogens (primary N) is 1. The van der Waals surface area contributed by atoms with E-state index in [1.807, 2.05) is 0 Å². The third-order valence-corrected chi connectivity index (χ3v) is 3.25. The molecule has 0 aromatic heterocycles. The van der Waals surface area contributed by atoms with E-state index in [2.05, 4.69) is 0 Å². The Labute approximate surface area is 92.1 Å². The second-order valence-electron chi connectivity index (χ2n) is 3.34. The SMILES string of the molecule is N=C1C=Cc2c(cccc2S(N)(=O)=O)C1=O. The fraction of sp³-hybridized carbons (Fsp3) is 0. The molecule has 0 radical (unpaired) electrons. The molecule has 6 heteroatoms. The van der Waals surface area contributed by atoms with Crippen molar-refractivity contribution < 1.29 is 13.2 Å². The number of rotatable bonds is 1. The van der Waals surface area contributed by atoms with Crippen LogP contribution in [0.1, 0.15) is 15.9 Å². The molecule has 16 heavy (non-hydrogen) atoms. The lowest BCUT2D eigenvalue weighted by Crippen LogP contribution is -2.20. The summed E-state index contributed by atoms with van der Waals surface area (Å²) >= 11 is 0. The van der Waals surface area contributed by atoms with Gasteiger partial charge in [-0.3, -0.25) is 10.2 Å². The quantitative estimate of drug-likeness (QED) is 0.744. The van der Waals surface area contributed by atoms with Gasteiger partial charge in [-0.2, -0.15) is 0 Å². The van der Waals surface area contributed by atoms with E-state index in [1.165, 1.54) is 30.4 Å². The Morgan fingerprint density at radius 2 is 1.88 bits per heavy atom. The van der Waals surface area contributed by atoms with Crippen molar-refractivity contribution in [3.8, 4) is 0 Å². The Morgan fingerprint density at radius 3 is 2.50 bits per heavy atom. The highest BCUT2D eigenvalue weighted by atomic mass is 32.2. The summed E-state index contributed by atoms with van der Waals surface area (Å²) in [7, 11) is -3.86. The maximum Gasteiger partial charge on any atom is 0.238 e. The summed E-state index contributed by atoms with van der Waals surface area (Å²) in [6, 6.07) is 4.24. The molecule has 3 N–H and O–H groups in total. The first-order valence-electron chi connectivity index (χ1n) is 4.38. The summed E-state index contributed by atoms with van der Waals surface area (Å²) < 4.78 is 22.5. The van der Waals surface area contributed by atoms with Crippen LogP contribution >= 0.6 is 0 Å². The summed E-state index contributed by atoms with van der Waals surface area (Å²) in [6.45, 7) is 0. The van der Waals surface area contributed by atoms with Gasteiger partial charge in [0.25, 0.3) is 0 Å². The first kappa shape index (κ1) is 10.7. The fourth-order valence-corrected chi connectivity index (χ4v) is 2.30. The topological polar surface area (TPSA) is 101 Å². The average molecular weight is 236 g/mol. The van der Waals surface area contributed by atoms with Crippen LogP contribution in [0.5, 0.6) is 0 Å². The van der Waals surface area contributed by atoms with Crippen LogP contribution < -0.4 is 5.14 Å². The predicted octanol–water partition coefficient (Wildman–Crippen LogP) is 0.563. The van der Waals surface area contributed by atoms with Gasteiger partial charge in [-0.05, 0) is 12.1 Å². The van der Waals surface area contributed by atoms with Crippen molar-refractivity contribution >= 4 is 27.6 Å². The van der Waals surface area contributed by atoms with Crippen molar-refractivity contribution in [2.24, 2.45) is 5.14 Å². The highest BCUT2D eigenvalue weighted by molar-refractivity contribution is 7.89. The van der Waals surface area contributed by atoms with E-state index in [4.69, 9.17) is 10.5 Å². The van der Waals surface area contributed by atoms with Crippen molar-refractivity contribution in [2.45, 2.75) is 4.90 Å². The summed E-state index contributed by atoms with van der Waals surface area (Å²) in [5.41, 5.74) is 0.282. The zero-order valence-corrected chi connectivity index (χ0v) is 8.91. The number of carbonyl (C=O) groups is 1. The van der Waals surface area contributed by atoms with E-state index >= 15 is 0 Å². The van der Waals surface area contributed by atoms with Crippen LogP contribution in [0.3, 0.4) is 0 Å². The normalized spacial score (nSPS) is 15.1. The van der Waals surface area contributed by atoms with E-state index in [0.717, 1.165) is 0 Å². The van der Waals surface area contributed by atoms with E-state index in [9.17, 15) is 13.2 Å². The van der Waals surface area contributed by atoms with Gasteiger partial charge in [0, 0.05) is 11.1 Å². The van der Waals surface area contributed by atoms with Gasteiger partial charge in [-0.25, -0.2) is 13.6 Å². The number of ketones is 1. The molecule has 1 aliphatic carbocycles. The number of sulfonamides is 1. The molecule has 1 aliphatic rings. The molecule has 0 spiro atoms. The lowest BCUT2D eigenvalue weighted by Gasteiger charge is -2.12. The lowest BCUT2D eigenvalue weighted by molar-refractivity contribution is 0.106. The molecule has 1 aromatic carbocycles. The van der Waals surface area contributed by atoms with Gasteiger partial charge in [0.1, 0.15) is 5.71 Å². The van der Waals surface area contributed by atoms with Crippen LogP contribution in [0.15, 0.2) is 29.2 Å². The minimum Gasteiger partial charge on any atom is -0.297 e. The number of hydrogen-bond acceptors (Lipinski definition) is 4. The minimum absolute atomic E-state index is 0.0953. The second kappa shape index (κ2) is 3.36. The molecular formula is C10H8N2O3S. The molecular weight excluding hydrogens is 228 g/mol. The van der Waals surface area contributed by atoms with Crippen molar-refractivity contribution in [3.05, 3.63) is 35.4 Å². The van der Waals surface area contributed by atoms with E-state index in [-0.39, 0.29) is 21.7 Å². The molecule has 0 bridgehead atoms. The third-order valence-electron chi connectivity index (χ3n) is 2.28. The van der Waals surface area contributed by atoms with Crippen molar-refractivity contribution in [1.82, 2.24) is 0 Å². The highest BCUT2D eigenvalue weighted by Gasteiger charge is 2.23. The molecule has 2 rings (SSSR count). The van der Waals surface area contributed by atoms with E-state index in [1.54, 1.807) is 0 Å². The van der Waals surface area contributed by atoms with Gasteiger partial charge >= 0.3 is 0 Å². The van der Waals surface area contributed by atoms with Gasteiger partial charge in [0.05, 0.1) is 4.90 Å². The molecule has 0 aliphatic heterocycles. The molecule has 0 unspecified atom stereocenters. The molecule has 0 fully saturated rings. The first-order valence-corrected chi connectivity index (χ1v) is 5.93. The van der Waals surface area contributed by atoms with Gasteiger partial charge in [-0.1, -0.05) is 18.2 Å². The highest BCUT2D eigenvalue weighted by Crippen LogP contribution is 2.24. The largest absolute Gasteiger partial charge is 0.297 e. The molecule has 0 atom stereocenters. The first-order chi connectivity index (χ1) is 7.41. The summed E-state index contributed by atoms with van der Waals surface area (Å²) in [5, 5.41) is 12.4. The van der Waals surface area contributed by atoms with Crippen LogP contribution in [-0.2, 0) is 10.0 Å². The lowest BCUT2D eigenvalue weighted by atomic mass is 9.95. The van der Waals surface area contributed by atoms with E-state index in [0.29, 0.717) is 0 Å². The second-order valence-corrected chi connectivity index (χ2v) is 4.87. The molecule has 82 valence electrons. The number of fused-ring (bicyclic) bond motifs is 1. The Balaban J connectivity index is 2.80. The minimum atomic E-state index is -3.86. The molecule has 0 heterocycles. The average Bonchev–Trinajstić information content (AvgIpc) is 2.21. The number of allylic oxidation sites excluding steroid dienone is 1. The van der Waals surface area contributed by atoms with Crippen molar-refractivity contribution in [3.63, 3.8) is 0 Å². The molecule has 1 aromatic rings. The maximum atomic E-state index is 11.6. The summed E-state index contributed by atoms with van der Waals surface area (Å²) in [4.78, 5) is 11.5. The Bertz CT molecular complexity index is 629. The zero-order valence-electron chi connectivity index (χ0n) is 8.10. The van der Waals surface area contributed by atoms with Crippen LogP contribution in [0.25, 0.3) is 6.08 Å². The fourth-order valence-electron chi connectivity index (χ4n) is 1.55. The van der Waals surface area contributed by atoms with Crippen LogP contribution in [0, 0.1) is 5.41 Å². The van der Waals surface area contributed by atoms with E-state index < -0.39 is 15.8 Å². The zero-order chi connectivity index (χ0) is 11.9.